The number of fused-ring (bicyclic) bond motifs is 4. The maximum absolute atomic E-state index is 16.5. The summed E-state index contributed by atoms with van der Waals surface area (Å²) in [5, 5.41) is 12.3. The van der Waals surface area contributed by atoms with E-state index in [2.05, 4.69) is 14.9 Å². The molecule has 4 aromatic rings. The zero-order valence-corrected chi connectivity index (χ0v) is 23.8. The molecule has 3 N–H and O–H groups in total. The van der Waals surface area contributed by atoms with E-state index in [1.165, 1.54) is 4.90 Å². The van der Waals surface area contributed by atoms with Gasteiger partial charge in [-0.3, -0.25) is 14.8 Å². The first-order valence-corrected chi connectivity index (χ1v) is 14.5. The molecule has 0 unspecified atom stereocenters. The summed E-state index contributed by atoms with van der Waals surface area (Å²) in [6.45, 7) is 1.96. The van der Waals surface area contributed by atoms with Crippen molar-refractivity contribution in [1.29, 1.82) is 0 Å². The van der Waals surface area contributed by atoms with E-state index in [1.54, 1.807) is 18.3 Å². The van der Waals surface area contributed by atoms with Crippen molar-refractivity contribution in [2.45, 2.75) is 43.4 Å². The molecule has 0 spiro atoms. The number of aromatic nitrogens is 3. The summed E-state index contributed by atoms with van der Waals surface area (Å²) in [6, 6.07) is 11.0. The number of carboxylic acid groups (broad SMARTS) is 1. The molecule has 7 rings (SSSR count). The predicted molar refractivity (Wildman–Crippen MR) is 159 cm³/mol. The number of likely N-dealkylation sites (N-methyl/N-ethyl adjacent to an activating group) is 1. The lowest BCUT2D eigenvalue weighted by Crippen LogP contribution is -2.55. The number of rotatable bonds is 5. The van der Waals surface area contributed by atoms with Gasteiger partial charge in [0, 0.05) is 53.9 Å². The lowest BCUT2D eigenvalue weighted by Gasteiger charge is -2.40. The smallest absolute Gasteiger partial charge is 0.407 e. The highest BCUT2D eigenvalue weighted by Gasteiger charge is 2.43. The zero-order chi connectivity index (χ0) is 29.1. The van der Waals surface area contributed by atoms with Crippen LogP contribution in [0.5, 0.6) is 6.01 Å². The molecular formula is C30H31ClFN7O3. The minimum absolute atomic E-state index is 0.0615. The Hall–Kier alpha value is -3.80. The number of likely N-dealkylation sites (tertiary alicyclic amines) is 1. The Balaban J connectivity index is 1.33. The molecule has 3 fully saturated rings. The molecule has 1 amide bonds. The van der Waals surface area contributed by atoms with Crippen molar-refractivity contribution in [3.8, 4) is 17.3 Å². The SMILES string of the molecule is CN1C[C@H](N)C[C@H]1COc1nc(N2C[C@H]3CC[C@@H](C2)N3C(=O)O)c2cnc(-c3cccc4cccc(Cl)c34)c(F)c2n1. The molecule has 5 heterocycles. The van der Waals surface area contributed by atoms with Crippen molar-refractivity contribution in [2.75, 3.05) is 38.2 Å². The first kappa shape index (κ1) is 27.1. The van der Waals surface area contributed by atoms with E-state index < -0.39 is 11.9 Å². The fourth-order valence-corrected chi connectivity index (χ4v) is 7.17. The number of ether oxygens (including phenoxy) is 1. The maximum atomic E-state index is 16.5. The molecule has 10 nitrogen and oxygen atoms in total. The molecule has 3 saturated heterocycles. The predicted octanol–water partition coefficient (Wildman–Crippen LogP) is 4.38. The van der Waals surface area contributed by atoms with Gasteiger partial charge in [0.1, 0.15) is 23.6 Å². The Labute approximate surface area is 246 Å². The number of nitrogens with two attached hydrogens (primary N) is 1. The van der Waals surface area contributed by atoms with E-state index in [0.29, 0.717) is 46.9 Å². The lowest BCUT2D eigenvalue weighted by molar-refractivity contribution is 0.114. The Morgan fingerprint density at radius 2 is 1.88 bits per heavy atom. The fourth-order valence-electron chi connectivity index (χ4n) is 6.88. The highest BCUT2D eigenvalue weighted by atomic mass is 35.5. The first-order chi connectivity index (χ1) is 20.3. The number of anilines is 1. The summed E-state index contributed by atoms with van der Waals surface area (Å²) in [4.78, 5) is 31.5. The number of piperazine rings is 1. The van der Waals surface area contributed by atoms with Gasteiger partial charge in [0.15, 0.2) is 5.82 Å². The fraction of sp³-hybridized carbons (Fsp3) is 0.400. The molecule has 218 valence electrons. The normalized spacial score (nSPS) is 24.2. The van der Waals surface area contributed by atoms with Crippen LogP contribution < -0.4 is 15.4 Å². The Kier molecular flexibility index (Phi) is 6.75. The molecule has 0 radical (unpaired) electrons. The molecule has 2 aromatic heterocycles. The number of carbonyl (C=O) groups is 1. The highest BCUT2D eigenvalue weighted by molar-refractivity contribution is 6.36. The molecular weight excluding hydrogens is 561 g/mol. The second-order valence-electron chi connectivity index (χ2n) is 11.5. The average molecular weight is 592 g/mol. The van der Waals surface area contributed by atoms with Gasteiger partial charge in [-0.25, -0.2) is 9.18 Å². The first-order valence-electron chi connectivity index (χ1n) is 14.2. The summed E-state index contributed by atoms with van der Waals surface area (Å²) >= 11 is 6.57. The van der Waals surface area contributed by atoms with E-state index in [1.807, 2.05) is 36.2 Å². The van der Waals surface area contributed by atoms with Crippen LogP contribution in [0.3, 0.4) is 0 Å². The van der Waals surface area contributed by atoms with Crippen LogP contribution in [-0.2, 0) is 0 Å². The quantitative estimate of drug-likeness (QED) is 0.348. The molecule has 3 aliphatic rings. The van der Waals surface area contributed by atoms with Gasteiger partial charge < -0.3 is 20.5 Å². The zero-order valence-electron chi connectivity index (χ0n) is 23.1. The van der Waals surface area contributed by atoms with Crippen LogP contribution in [0.4, 0.5) is 15.0 Å². The number of hydrogen-bond acceptors (Lipinski definition) is 8. The lowest BCUT2D eigenvalue weighted by atomic mass is 10.0. The second kappa shape index (κ2) is 10.5. The summed E-state index contributed by atoms with van der Waals surface area (Å²) in [7, 11) is 2.00. The Morgan fingerprint density at radius 1 is 1.14 bits per heavy atom. The molecule has 4 atom stereocenters. The van der Waals surface area contributed by atoms with E-state index >= 15 is 4.39 Å². The summed E-state index contributed by atoms with van der Waals surface area (Å²) in [5.41, 5.74) is 6.93. The van der Waals surface area contributed by atoms with Crippen LogP contribution in [0.25, 0.3) is 32.9 Å². The van der Waals surface area contributed by atoms with Gasteiger partial charge >= 0.3 is 12.1 Å². The van der Waals surface area contributed by atoms with Crippen LogP contribution in [0, 0.1) is 5.82 Å². The molecule has 0 aliphatic carbocycles. The van der Waals surface area contributed by atoms with Gasteiger partial charge in [0.05, 0.1) is 17.5 Å². The molecule has 2 bridgehead atoms. The number of halogens is 2. The van der Waals surface area contributed by atoms with Gasteiger partial charge in [-0.05, 0) is 37.8 Å². The van der Waals surface area contributed by atoms with Gasteiger partial charge in [-0.15, -0.1) is 0 Å². The maximum Gasteiger partial charge on any atom is 0.407 e. The minimum atomic E-state index is -0.913. The van der Waals surface area contributed by atoms with Gasteiger partial charge in [-0.2, -0.15) is 9.97 Å². The van der Waals surface area contributed by atoms with Crippen molar-refractivity contribution >= 4 is 45.2 Å². The summed E-state index contributed by atoms with van der Waals surface area (Å²) < 4.78 is 22.7. The number of pyridine rings is 1. The third kappa shape index (κ3) is 4.56. The van der Waals surface area contributed by atoms with E-state index in [0.717, 1.165) is 31.2 Å². The monoisotopic (exact) mass is 591 g/mol. The Bertz CT molecular complexity index is 1690. The number of nitrogens with zero attached hydrogens (tertiary/aromatic N) is 6. The van der Waals surface area contributed by atoms with Gasteiger partial charge in [0.2, 0.25) is 0 Å². The minimum Gasteiger partial charge on any atom is -0.465 e. The van der Waals surface area contributed by atoms with Crippen molar-refractivity contribution in [1.82, 2.24) is 24.8 Å². The number of benzene rings is 2. The van der Waals surface area contributed by atoms with Crippen molar-refractivity contribution in [3.63, 3.8) is 0 Å². The third-order valence-corrected chi connectivity index (χ3v) is 9.20. The molecule has 3 aliphatic heterocycles. The molecule has 12 heteroatoms. The van der Waals surface area contributed by atoms with E-state index in [4.69, 9.17) is 27.1 Å². The van der Waals surface area contributed by atoms with Crippen LogP contribution in [0.15, 0.2) is 42.6 Å². The van der Waals surface area contributed by atoms with E-state index in [9.17, 15) is 9.90 Å². The van der Waals surface area contributed by atoms with Crippen molar-refractivity contribution < 1.29 is 19.0 Å². The van der Waals surface area contributed by atoms with Crippen LogP contribution in [0.1, 0.15) is 19.3 Å². The standard InChI is InChI=1S/C30H31ClFN7O3/c1-37-12-17(33)10-20(37)15-42-29-35-27-22(28(36-29)38-13-18-8-9-19(14-38)39(18)30(40)41)11-34-26(25(27)32)21-6-2-4-16-5-3-7-23(31)24(16)21/h2-7,11,17-20H,8-10,12-15,33H2,1H3,(H,40,41)/t17-,18-,19+,20+/m1/s1. The number of amides is 1. The van der Waals surface area contributed by atoms with E-state index in [-0.39, 0.29) is 41.4 Å². The third-order valence-electron chi connectivity index (χ3n) is 8.88. The highest BCUT2D eigenvalue weighted by Crippen LogP contribution is 2.39. The van der Waals surface area contributed by atoms with Gasteiger partial charge in [-0.1, -0.05) is 41.9 Å². The Morgan fingerprint density at radius 3 is 2.57 bits per heavy atom. The second-order valence-corrected chi connectivity index (χ2v) is 11.9. The summed E-state index contributed by atoms with van der Waals surface area (Å²) in [6.07, 6.45) is 3.00. The number of hydrogen-bond donors (Lipinski definition) is 2. The van der Waals surface area contributed by atoms with Crippen LogP contribution in [0.2, 0.25) is 5.02 Å². The van der Waals surface area contributed by atoms with Crippen LogP contribution >= 0.6 is 11.6 Å². The van der Waals surface area contributed by atoms with Crippen molar-refractivity contribution in [2.24, 2.45) is 5.73 Å². The molecule has 0 saturated carbocycles. The molecule has 2 aromatic carbocycles. The van der Waals surface area contributed by atoms with Gasteiger partial charge in [0.25, 0.3) is 0 Å². The van der Waals surface area contributed by atoms with Crippen molar-refractivity contribution in [3.05, 3.63) is 53.4 Å². The largest absolute Gasteiger partial charge is 0.465 e. The average Bonchev–Trinajstić information content (AvgIpc) is 3.44. The van der Waals surface area contributed by atoms with Crippen LogP contribution in [-0.4, -0.2) is 93.4 Å². The topological polar surface area (TPSA) is 121 Å². The molecule has 42 heavy (non-hydrogen) atoms. The summed E-state index contributed by atoms with van der Waals surface area (Å²) in [5.74, 6) is -0.108.